The molecule has 0 saturated heterocycles. The number of amides is 1. The summed E-state index contributed by atoms with van der Waals surface area (Å²) in [5, 5.41) is 0. The van der Waals surface area contributed by atoms with E-state index in [1.807, 2.05) is 0 Å². The molecule has 0 aromatic carbocycles. The molecule has 1 aromatic heterocycles. The predicted molar refractivity (Wildman–Crippen MR) is 116 cm³/mol. The first-order chi connectivity index (χ1) is 14.6. The fraction of sp³-hybridized carbons (Fsp3) is 0.783. The van der Waals surface area contributed by atoms with E-state index in [0.717, 1.165) is 12.8 Å². The fourth-order valence-electron chi connectivity index (χ4n) is 3.34. The van der Waals surface area contributed by atoms with Crippen LogP contribution < -0.4 is 0 Å². The fourth-order valence-corrected chi connectivity index (χ4v) is 3.34. The molecular weight excluding hydrogens is 384 g/mol. The zero-order valence-corrected chi connectivity index (χ0v) is 19.1. The van der Waals surface area contributed by atoms with Gasteiger partial charge in [-0.25, -0.2) is 9.78 Å². The van der Waals surface area contributed by atoms with Crippen LogP contribution >= 0.6 is 0 Å². The van der Waals surface area contributed by atoms with Crippen molar-refractivity contribution in [3.05, 3.63) is 17.8 Å². The van der Waals surface area contributed by atoms with E-state index in [9.17, 15) is 9.59 Å². The second-order valence-corrected chi connectivity index (χ2v) is 7.71. The molecule has 7 nitrogen and oxygen atoms in total. The first kappa shape index (κ1) is 26.1. The summed E-state index contributed by atoms with van der Waals surface area (Å²) in [5.74, 6) is -0.180. The van der Waals surface area contributed by atoms with Crippen LogP contribution in [0.5, 0.6) is 0 Å². The van der Waals surface area contributed by atoms with Crippen LogP contribution in [0.1, 0.15) is 100 Å². The molecule has 1 rings (SSSR count). The second kappa shape index (κ2) is 16.9. The maximum Gasteiger partial charge on any atom is 0.360 e. The minimum atomic E-state index is -0.555. The van der Waals surface area contributed by atoms with Crippen LogP contribution in [0.2, 0.25) is 0 Å². The summed E-state index contributed by atoms with van der Waals surface area (Å²) in [6.45, 7) is 3.37. The van der Waals surface area contributed by atoms with E-state index in [-0.39, 0.29) is 18.1 Å². The smallest absolute Gasteiger partial charge is 0.360 e. The van der Waals surface area contributed by atoms with Crippen molar-refractivity contribution in [2.45, 2.75) is 90.5 Å². The lowest BCUT2D eigenvalue weighted by molar-refractivity contribution is -0.132. The number of carbonyl (C=O) groups is 2. The molecule has 0 aliphatic rings. The SMILES string of the molecule is CCCCCCCCCCCCCC(=O)N(CCOC)Cc1nc(C(=O)OC)co1. The molecule has 1 heterocycles. The molecule has 0 aliphatic carbocycles. The van der Waals surface area contributed by atoms with E-state index < -0.39 is 5.97 Å². The van der Waals surface area contributed by atoms with E-state index in [1.165, 1.54) is 71.2 Å². The Hall–Kier alpha value is -1.89. The topological polar surface area (TPSA) is 81.9 Å². The lowest BCUT2D eigenvalue weighted by Crippen LogP contribution is -2.33. The summed E-state index contributed by atoms with van der Waals surface area (Å²) in [5.41, 5.74) is 0.108. The molecule has 0 atom stereocenters. The van der Waals surface area contributed by atoms with Gasteiger partial charge in [0, 0.05) is 20.1 Å². The van der Waals surface area contributed by atoms with Gasteiger partial charge in [-0.15, -0.1) is 0 Å². The van der Waals surface area contributed by atoms with E-state index in [2.05, 4.69) is 16.6 Å². The van der Waals surface area contributed by atoms with Gasteiger partial charge in [0.15, 0.2) is 5.69 Å². The van der Waals surface area contributed by atoms with Crippen LogP contribution in [0.15, 0.2) is 10.7 Å². The van der Waals surface area contributed by atoms with Gasteiger partial charge in [0.05, 0.1) is 20.3 Å². The summed E-state index contributed by atoms with van der Waals surface area (Å²) in [4.78, 5) is 29.9. The van der Waals surface area contributed by atoms with Gasteiger partial charge in [0.2, 0.25) is 11.8 Å². The molecule has 0 aliphatic heterocycles. The van der Waals surface area contributed by atoms with Gasteiger partial charge in [0.25, 0.3) is 0 Å². The largest absolute Gasteiger partial charge is 0.464 e. The lowest BCUT2D eigenvalue weighted by atomic mass is 10.1. The normalized spacial score (nSPS) is 10.9. The third kappa shape index (κ3) is 11.3. The van der Waals surface area contributed by atoms with E-state index in [4.69, 9.17) is 9.15 Å². The Morgan fingerprint density at radius 1 is 0.967 bits per heavy atom. The van der Waals surface area contributed by atoms with Crippen molar-refractivity contribution in [1.29, 1.82) is 0 Å². The van der Waals surface area contributed by atoms with Gasteiger partial charge in [0.1, 0.15) is 6.26 Å². The number of oxazole rings is 1. The molecule has 0 radical (unpaired) electrons. The predicted octanol–water partition coefficient (Wildman–Crippen LogP) is 5.14. The van der Waals surface area contributed by atoms with E-state index >= 15 is 0 Å². The number of esters is 1. The molecule has 0 saturated carbocycles. The summed E-state index contributed by atoms with van der Waals surface area (Å²) >= 11 is 0. The number of hydrogen-bond donors (Lipinski definition) is 0. The molecule has 0 N–H and O–H groups in total. The molecule has 0 unspecified atom stereocenters. The van der Waals surface area contributed by atoms with Crippen LogP contribution in [0, 0.1) is 0 Å². The second-order valence-electron chi connectivity index (χ2n) is 7.71. The van der Waals surface area contributed by atoms with Crippen LogP contribution in [0.25, 0.3) is 0 Å². The third-order valence-corrected chi connectivity index (χ3v) is 5.18. The van der Waals surface area contributed by atoms with Crippen molar-refractivity contribution < 1.29 is 23.5 Å². The molecule has 172 valence electrons. The van der Waals surface area contributed by atoms with Crippen molar-refractivity contribution >= 4 is 11.9 Å². The van der Waals surface area contributed by atoms with Crippen molar-refractivity contribution in [3.63, 3.8) is 0 Å². The molecular formula is C23H40N2O5. The van der Waals surface area contributed by atoms with Crippen LogP contribution in [0.4, 0.5) is 0 Å². The average molecular weight is 425 g/mol. The number of methoxy groups -OCH3 is 2. The van der Waals surface area contributed by atoms with Crippen LogP contribution in [-0.4, -0.2) is 49.1 Å². The summed E-state index contributed by atoms with van der Waals surface area (Å²) in [6.07, 6.45) is 15.5. The molecule has 0 spiro atoms. The Labute approximate surface area is 181 Å². The van der Waals surface area contributed by atoms with Crippen LogP contribution in [0.3, 0.4) is 0 Å². The van der Waals surface area contributed by atoms with E-state index in [0.29, 0.717) is 25.5 Å². The Morgan fingerprint density at radius 3 is 2.13 bits per heavy atom. The standard InChI is InChI=1S/C23H40N2O5/c1-4-5-6-7-8-9-10-11-12-13-14-15-22(26)25(16-17-28-2)18-21-24-20(19-30-21)23(27)29-3/h19H,4-18H2,1-3H3. The quantitative estimate of drug-likeness (QED) is 0.240. The lowest BCUT2D eigenvalue weighted by Gasteiger charge is -2.20. The first-order valence-electron chi connectivity index (χ1n) is 11.4. The molecule has 1 amide bonds. The summed E-state index contributed by atoms with van der Waals surface area (Å²) in [6, 6.07) is 0. The highest BCUT2D eigenvalue weighted by Crippen LogP contribution is 2.13. The number of carbonyl (C=O) groups excluding carboxylic acids is 2. The first-order valence-corrected chi connectivity index (χ1v) is 11.4. The number of nitrogens with zero attached hydrogens (tertiary/aromatic N) is 2. The number of aromatic nitrogens is 1. The molecule has 1 aromatic rings. The zero-order valence-electron chi connectivity index (χ0n) is 19.1. The highest BCUT2D eigenvalue weighted by atomic mass is 16.5. The number of unbranched alkanes of at least 4 members (excludes halogenated alkanes) is 10. The molecule has 0 fully saturated rings. The minimum Gasteiger partial charge on any atom is -0.464 e. The maximum absolute atomic E-state index is 12.6. The Bertz CT molecular complexity index is 588. The molecule has 0 bridgehead atoms. The minimum absolute atomic E-state index is 0.0563. The van der Waals surface area contributed by atoms with Crippen molar-refractivity contribution in [1.82, 2.24) is 9.88 Å². The van der Waals surface area contributed by atoms with Crippen molar-refractivity contribution in [2.24, 2.45) is 0 Å². The monoisotopic (exact) mass is 424 g/mol. The van der Waals surface area contributed by atoms with Gasteiger partial charge in [-0.1, -0.05) is 71.1 Å². The Kier molecular flexibility index (Phi) is 14.7. The summed E-state index contributed by atoms with van der Waals surface area (Å²) in [7, 11) is 2.89. The van der Waals surface area contributed by atoms with E-state index in [1.54, 1.807) is 12.0 Å². The van der Waals surface area contributed by atoms with Crippen molar-refractivity contribution in [3.8, 4) is 0 Å². The highest BCUT2D eigenvalue weighted by molar-refractivity contribution is 5.86. The van der Waals surface area contributed by atoms with Gasteiger partial charge < -0.3 is 18.8 Å². The number of rotatable bonds is 18. The van der Waals surface area contributed by atoms with Gasteiger partial charge in [-0.2, -0.15) is 0 Å². The summed E-state index contributed by atoms with van der Waals surface area (Å²) < 4.78 is 15.1. The zero-order chi connectivity index (χ0) is 22.0. The molecule has 7 heteroatoms. The average Bonchev–Trinajstić information content (AvgIpc) is 3.22. The molecule has 30 heavy (non-hydrogen) atoms. The number of ether oxygens (including phenoxy) is 2. The maximum atomic E-state index is 12.6. The Morgan fingerprint density at radius 2 is 1.57 bits per heavy atom. The van der Waals surface area contributed by atoms with Gasteiger partial charge in [-0.3, -0.25) is 4.79 Å². The van der Waals surface area contributed by atoms with Gasteiger partial charge >= 0.3 is 5.97 Å². The van der Waals surface area contributed by atoms with Crippen LogP contribution in [-0.2, 0) is 20.8 Å². The third-order valence-electron chi connectivity index (χ3n) is 5.18. The highest BCUT2D eigenvalue weighted by Gasteiger charge is 2.18. The van der Waals surface area contributed by atoms with Gasteiger partial charge in [-0.05, 0) is 6.42 Å². The van der Waals surface area contributed by atoms with Crippen molar-refractivity contribution in [2.75, 3.05) is 27.4 Å². The Balaban J connectivity index is 2.26. The number of hydrogen-bond acceptors (Lipinski definition) is 6.